The molecule has 0 aliphatic heterocycles. The summed E-state index contributed by atoms with van der Waals surface area (Å²) in [5.74, 6) is 0.741. The Bertz CT molecular complexity index is 589. The first-order valence-corrected chi connectivity index (χ1v) is 6.72. The first kappa shape index (κ1) is 14.3. The normalized spacial score (nSPS) is 12.2. The number of carbonyl (C=O) groups excluding carboxylic acids is 1. The number of aliphatic hydroxyl groups is 1. The molecule has 0 aliphatic rings. The summed E-state index contributed by atoms with van der Waals surface area (Å²) in [4.78, 5) is 11.9. The molecule has 20 heavy (non-hydrogen) atoms. The van der Waals surface area contributed by atoms with Gasteiger partial charge in [0.15, 0.2) is 5.76 Å². The standard InChI is InChI=1S/C16H19NO3/c1-3-12-8-9-15(20-12)16(19)17-10-14(18)13-7-5-4-6-11(13)2/h4-9,14,18H,3,10H2,1-2H3,(H,17,19). The molecule has 0 spiro atoms. The molecule has 1 aromatic heterocycles. The van der Waals surface area contributed by atoms with Crippen LogP contribution in [0.25, 0.3) is 0 Å². The van der Waals surface area contributed by atoms with Crippen molar-refractivity contribution < 1.29 is 14.3 Å². The third-order valence-electron chi connectivity index (χ3n) is 3.24. The lowest BCUT2D eigenvalue weighted by Crippen LogP contribution is -2.28. The minimum atomic E-state index is -0.722. The van der Waals surface area contributed by atoms with Crippen LogP contribution < -0.4 is 5.32 Å². The minimum absolute atomic E-state index is 0.159. The summed E-state index contributed by atoms with van der Waals surface area (Å²) in [6.45, 7) is 4.05. The second-order valence-electron chi connectivity index (χ2n) is 4.70. The van der Waals surface area contributed by atoms with Gasteiger partial charge in [-0.05, 0) is 30.2 Å². The van der Waals surface area contributed by atoms with Crippen LogP contribution in [-0.2, 0) is 6.42 Å². The van der Waals surface area contributed by atoms with Crippen molar-refractivity contribution in [2.75, 3.05) is 6.54 Å². The van der Waals surface area contributed by atoms with Crippen LogP contribution in [0.2, 0.25) is 0 Å². The lowest BCUT2D eigenvalue weighted by Gasteiger charge is -2.13. The number of nitrogens with one attached hydrogen (secondary N) is 1. The number of carbonyl (C=O) groups is 1. The SMILES string of the molecule is CCc1ccc(C(=O)NCC(O)c2ccccc2C)o1. The molecule has 0 fully saturated rings. The van der Waals surface area contributed by atoms with E-state index in [0.29, 0.717) is 0 Å². The average molecular weight is 273 g/mol. The first-order chi connectivity index (χ1) is 9.61. The summed E-state index contributed by atoms with van der Waals surface area (Å²) in [6, 6.07) is 11.0. The molecule has 0 saturated carbocycles. The van der Waals surface area contributed by atoms with E-state index in [2.05, 4.69) is 5.32 Å². The van der Waals surface area contributed by atoms with Crippen LogP contribution in [0.4, 0.5) is 0 Å². The number of furan rings is 1. The smallest absolute Gasteiger partial charge is 0.287 e. The van der Waals surface area contributed by atoms with Gasteiger partial charge < -0.3 is 14.8 Å². The van der Waals surface area contributed by atoms with Crippen molar-refractivity contribution in [1.82, 2.24) is 5.32 Å². The van der Waals surface area contributed by atoms with Crippen LogP contribution in [0.3, 0.4) is 0 Å². The number of hydrogen-bond acceptors (Lipinski definition) is 3. The van der Waals surface area contributed by atoms with Crippen molar-refractivity contribution in [1.29, 1.82) is 0 Å². The van der Waals surface area contributed by atoms with E-state index in [-0.39, 0.29) is 18.2 Å². The molecule has 2 aromatic rings. The van der Waals surface area contributed by atoms with E-state index >= 15 is 0 Å². The topological polar surface area (TPSA) is 62.5 Å². The van der Waals surface area contributed by atoms with Gasteiger partial charge in [-0.1, -0.05) is 31.2 Å². The Labute approximate surface area is 118 Å². The molecule has 1 atom stereocenters. The monoisotopic (exact) mass is 273 g/mol. The second-order valence-corrected chi connectivity index (χ2v) is 4.70. The summed E-state index contributed by atoms with van der Waals surface area (Å²) in [5.41, 5.74) is 1.82. The Kier molecular flexibility index (Phi) is 4.58. The Hall–Kier alpha value is -2.07. The second kappa shape index (κ2) is 6.39. The molecule has 1 heterocycles. The largest absolute Gasteiger partial charge is 0.456 e. The predicted octanol–water partition coefficient (Wildman–Crippen LogP) is 2.61. The fourth-order valence-corrected chi connectivity index (χ4v) is 2.04. The number of rotatable bonds is 5. The van der Waals surface area contributed by atoms with Gasteiger partial charge in [0.05, 0.1) is 6.10 Å². The van der Waals surface area contributed by atoms with Gasteiger partial charge >= 0.3 is 0 Å². The Balaban J connectivity index is 1.95. The van der Waals surface area contributed by atoms with E-state index < -0.39 is 6.10 Å². The number of amides is 1. The van der Waals surface area contributed by atoms with Gasteiger partial charge in [-0.25, -0.2) is 0 Å². The number of benzene rings is 1. The Morgan fingerprint density at radius 3 is 2.70 bits per heavy atom. The molecule has 0 bridgehead atoms. The fourth-order valence-electron chi connectivity index (χ4n) is 2.04. The molecule has 2 N–H and O–H groups in total. The zero-order chi connectivity index (χ0) is 14.5. The van der Waals surface area contributed by atoms with E-state index in [0.717, 1.165) is 23.3 Å². The molecule has 1 unspecified atom stereocenters. The van der Waals surface area contributed by atoms with Gasteiger partial charge in [0.2, 0.25) is 0 Å². The number of aryl methyl sites for hydroxylation is 2. The average Bonchev–Trinajstić information content (AvgIpc) is 2.94. The van der Waals surface area contributed by atoms with Crippen molar-refractivity contribution in [2.24, 2.45) is 0 Å². The minimum Gasteiger partial charge on any atom is -0.456 e. The Morgan fingerprint density at radius 2 is 2.05 bits per heavy atom. The van der Waals surface area contributed by atoms with Crippen molar-refractivity contribution in [3.05, 3.63) is 59.0 Å². The van der Waals surface area contributed by atoms with Gasteiger partial charge in [-0.3, -0.25) is 4.79 Å². The van der Waals surface area contributed by atoms with Crippen molar-refractivity contribution >= 4 is 5.91 Å². The summed E-state index contributed by atoms with van der Waals surface area (Å²) >= 11 is 0. The highest BCUT2D eigenvalue weighted by Crippen LogP contribution is 2.16. The van der Waals surface area contributed by atoms with Gasteiger partial charge in [0, 0.05) is 13.0 Å². The maximum absolute atomic E-state index is 11.9. The van der Waals surface area contributed by atoms with Crippen molar-refractivity contribution in [2.45, 2.75) is 26.4 Å². The van der Waals surface area contributed by atoms with Crippen LogP contribution in [0.5, 0.6) is 0 Å². The van der Waals surface area contributed by atoms with E-state index in [1.165, 1.54) is 0 Å². The number of hydrogen-bond donors (Lipinski definition) is 2. The molecule has 4 nitrogen and oxygen atoms in total. The molecular formula is C16H19NO3. The lowest BCUT2D eigenvalue weighted by molar-refractivity contribution is 0.0887. The molecule has 106 valence electrons. The third kappa shape index (κ3) is 3.27. The highest BCUT2D eigenvalue weighted by molar-refractivity contribution is 5.91. The highest BCUT2D eigenvalue weighted by atomic mass is 16.3. The zero-order valence-corrected chi connectivity index (χ0v) is 11.7. The molecule has 0 saturated heterocycles. The molecular weight excluding hydrogens is 254 g/mol. The van der Waals surface area contributed by atoms with Crippen LogP contribution in [0, 0.1) is 6.92 Å². The third-order valence-corrected chi connectivity index (χ3v) is 3.24. The summed E-state index contributed by atoms with van der Waals surface area (Å²) in [7, 11) is 0. The maximum Gasteiger partial charge on any atom is 0.287 e. The fraction of sp³-hybridized carbons (Fsp3) is 0.312. The van der Waals surface area contributed by atoms with E-state index in [1.807, 2.05) is 38.1 Å². The molecule has 1 amide bonds. The summed E-state index contributed by atoms with van der Waals surface area (Å²) in [6.07, 6.45) is 0.0276. The van der Waals surface area contributed by atoms with Gasteiger partial charge in [0.25, 0.3) is 5.91 Å². The van der Waals surface area contributed by atoms with Gasteiger partial charge in [0.1, 0.15) is 5.76 Å². The van der Waals surface area contributed by atoms with Crippen molar-refractivity contribution in [3.8, 4) is 0 Å². The van der Waals surface area contributed by atoms with Crippen LogP contribution in [0.15, 0.2) is 40.8 Å². The van der Waals surface area contributed by atoms with Crippen molar-refractivity contribution in [3.63, 3.8) is 0 Å². The molecule has 0 radical (unpaired) electrons. The Morgan fingerprint density at radius 1 is 1.30 bits per heavy atom. The number of aliphatic hydroxyl groups excluding tert-OH is 1. The lowest BCUT2D eigenvalue weighted by atomic mass is 10.0. The van der Waals surface area contributed by atoms with Crippen LogP contribution >= 0.6 is 0 Å². The van der Waals surface area contributed by atoms with Gasteiger partial charge in [-0.15, -0.1) is 0 Å². The van der Waals surface area contributed by atoms with E-state index in [1.54, 1.807) is 12.1 Å². The quantitative estimate of drug-likeness (QED) is 0.880. The molecule has 2 rings (SSSR count). The van der Waals surface area contributed by atoms with Gasteiger partial charge in [-0.2, -0.15) is 0 Å². The summed E-state index contributed by atoms with van der Waals surface area (Å²) < 4.78 is 5.36. The summed E-state index contributed by atoms with van der Waals surface area (Å²) in [5, 5.41) is 12.8. The predicted molar refractivity (Wildman–Crippen MR) is 76.6 cm³/mol. The molecule has 4 heteroatoms. The first-order valence-electron chi connectivity index (χ1n) is 6.72. The van der Waals surface area contributed by atoms with Crippen LogP contribution in [-0.4, -0.2) is 17.6 Å². The molecule has 0 aliphatic carbocycles. The highest BCUT2D eigenvalue weighted by Gasteiger charge is 2.14. The maximum atomic E-state index is 11.9. The van der Waals surface area contributed by atoms with E-state index in [4.69, 9.17) is 4.42 Å². The van der Waals surface area contributed by atoms with Crippen LogP contribution in [0.1, 0.15) is 40.5 Å². The molecule has 1 aromatic carbocycles. The zero-order valence-electron chi connectivity index (χ0n) is 11.7. The van der Waals surface area contributed by atoms with E-state index in [9.17, 15) is 9.90 Å².